The van der Waals surface area contributed by atoms with Crippen LogP contribution in [0.5, 0.6) is 0 Å². The van der Waals surface area contributed by atoms with Gasteiger partial charge in [-0.15, -0.1) is 0 Å². The van der Waals surface area contributed by atoms with Crippen LogP contribution >= 0.6 is 0 Å². The van der Waals surface area contributed by atoms with Gasteiger partial charge in [0.15, 0.2) is 11.6 Å². The molecule has 8 aromatic carbocycles. The summed E-state index contributed by atoms with van der Waals surface area (Å²) in [6, 6.07) is 55.8. The van der Waals surface area contributed by atoms with Crippen LogP contribution in [0, 0.1) is 0 Å². The van der Waals surface area contributed by atoms with Crippen molar-refractivity contribution in [3.63, 3.8) is 0 Å². The number of aromatic nitrogens is 4. The summed E-state index contributed by atoms with van der Waals surface area (Å²) in [5.74, 6) is 1.87. The summed E-state index contributed by atoms with van der Waals surface area (Å²) in [6.07, 6.45) is 0. The van der Waals surface area contributed by atoms with Crippen molar-refractivity contribution in [3.8, 4) is 28.7 Å². The van der Waals surface area contributed by atoms with Gasteiger partial charge >= 0.3 is 0 Å². The fraction of sp³-hybridized carbons (Fsp3) is 0. The highest BCUT2D eigenvalue weighted by Crippen LogP contribution is 2.37. The normalized spacial score (nSPS) is 11.8. The van der Waals surface area contributed by atoms with E-state index in [4.69, 9.17) is 15.0 Å². The van der Waals surface area contributed by atoms with E-state index in [1.807, 2.05) is 0 Å². The monoisotopic (exact) mass is 598 g/mol. The van der Waals surface area contributed by atoms with Gasteiger partial charge in [0.25, 0.3) is 0 Å². The minimum absolute atomic E-state index is 0.594. The Kier molecular flexibility index (Phi) is 5.54. The van der Waals surface area contributed by atoms with Crippen molar-refractivity contribution in [2.45, 2.75) is 0 Å². The molecule has 218 valence electrons. The lowest BCUT2D eigenvalue weighted by molar-refractivity contribution is 0.954. The average Bonchev–Trinajstić information content (AvgIpc) is 3.44. The van der Waals surface area contributed by atoms with E-state index in [2.05, 4.69) is 162 Å². The van der Waals surface area contributed by atoms with E-state index >= 15 is 0 Å². The molecule has 0 saturated heterocycles. The smallest absolute Gasteiger partial charge is 0.238 e. The minimum Gasteiger partial charge on any atom is -0.278 e. The quantitative estimate of drug-likeness (QED) is 0.203. The first-order chi connectivity index (χ1) is 23.2. The topological polar surface area (TPSA) is 43.6 Å². The maximum Gasteiger partial charge on any atom is 0.238 e. The van der Waals surface area contributed by atoms with E-state index < -0.39 is 0 Å². The van der Waals surface area contributed by atoms with E-state index in [1.165, 1.54) is 43.1 Å². The molecule has 4 nitrogen and oxygen atoms in total. The molecule has 0 saturated carbocycles. The van der Waals surface area contributed by atoms with Crippen LogP contribution in [-0.4, -0.2) is 19.5 Å². The molecule has 0 aliphatic heterocycles. The first-order valence-corrected chi connectivity index (χ1v) is 15.9. The zero-order valence-electron chi connectivity index (χ0n) is 25.3. The van der Waals surface area contributed by atoms with Crippen LogP contribution in [0.15, 0.2) is 158 Å². The van der Waals surface area contributed by atoms with Gasteiger partial charge in [0.2, 0.25) is 5.95 Å². The predicted molar refractivity (Wildman–Crippen MR) is 195 cm³/mol. The Labute approximate surface area is 270 Å². The van der Waals surface area contributed by atoms with Crippen LogP contribution in [0.2, 0.25) is 0 Å². The second-order valence-corrected chi connectivity index (χ2v) is 12.2. The fourth-order valence-electron chi connectivity index (χ4n) is 6.98. The highest BCUT2D eigenvalue weighted by atomic mass is 15.2. The molecule has 0 N–H and O–H groups in total. The number of hydrogen-bond acceptors (Lipinski definition) is 3. The lowest BCUT2D eigenvalue weighted by Gasteiger charge is -2.12. The van der Waals surface area contributed by atoms with Gasteiger partial charge in [-0.05, 0) is 79.5 Å². The van der Waals surface area contributed by atoms with Gasteiger partial charge in [-0.3, -0.25) is 4.57 Å². The van der Waals surface area contributed by atoms with Crippen molar-refractivity contribution < 1.29 is 0 Å². The van der Waals surface area contributed by atoms with Crippen LogP contribution in [0.1, 0.15) is 0 Å². The maximum absolute atomic E-state index is 5.24. The molecular formula is C43H26N4. The summed E-state index contributed by atoms with van der Waals surface area (Å²) in [5.41, 5.74) is 4.03. The van der Waals surface area contributed by atoms with Gasteiger partial charge in [0.05, 0.1) is 11.0 Å². The molecule has 2 aromatic heterocycles. The molecule has 0 aliphatic rings. The molecule has 0 aliphatic carbocycles. The Morgan fingerprint density at radius 3 is 1.11 bits per heavy atom. The molecule has 0 atom stereocenters. The average molecular weight is 599 g/mol. The first kappa shape index (κ1) is 25.9. The Balaban J connectivity index is 1.31. The number of rotatable bonds is 3. The summed E-state index contributed by atoms with van der Waals surface area (Å²) in [5, 5.41) is 11.8. The molecule has 0 fully saturated rings. The minimum atomic E-state index is 0.594. The molecular weight excluding hydrogens is 573 g/mol. The van der Waals surface area contributed by atoms with E-state index in [0.717, 1.165) is 32.9 Å². The summed E-state index contributed by atoms with van der Waals surface area (Å²) < 4.78 is 2.22. The van der Waals surface area contributed by atoms with Crippen LogP contribution in [0.25, 0.3) is 93.6 Å². The highest BCUT2D eigenvalue weighted by molar-refractivity contribution is 6.16. The molecule has 10 rings (SSSR count). The molecule has 0 spiro atoms. The predicted octanol–water partition coefficient (Wildman–Crippen LogP) is 10.9. The molecule has 0 radical (unpaired) electrons. The second kappa shape index (κ2) is 10.1. The van der Waals surface area contributed by atoms with Crippen molar-refractivity contribution in [1.29, 1.82) is 0 Å². The van der Waals surface area contributed by atoms with E-state index in [9.17, 15) is 0 Å². The molecule has 0 amide bonds. The van der Waals surface area contributed by atoms with Crippen molar-refractivity contribution in [1.82, 2.24) is 19.5 Å². The summed E-state index contributed by atoms with van der Waals surface area (Å²) >= 11 is 0. The Hall–Kier alpha value is -6.39. The van der Waals surface area contributed by atoms with Gasteiger partial charge in [0.1, 0.15) is 0 Å². The van der Waals surface area contributed by atoms with E-state index in [1.54, 1.807) is 0 Å². The first-order valence-electron chi connectivity index (χ1n) is 15.9. The molecule has 2 heterocycles. The number of fused-ring (bicyclic) bond motifs is 7. The second-order valence-electron chi connectivity index (χ2n) is 12.2. The Bertz CT molecular complexity index is 2670. The molecule has 0 unspecified atom stereocenters. The SMILES string of the molecule is c1ccc2cc(-c3nc(-c4ccc5ccccc5c4)nc(-n4c5cc6ccccc6cc5c5cc6ccccc6cc54)n3)ccc2c1. The van der Waals surface area contributed by atoms with Crippen LogP contribution in [0.3, 0.4) is 0 Å². The summed E-state index contributed by atoms with van der Waals surface area (Å²) in [7, 11) is 0. The van der Waals surface area contributed by atoms with Crippen molar-refractivity contribution >= 4 is 64.9 Å². The zero-order valence-corrected chi connectivity index (χ0v) is 25.3. The van der Waals surface area contributed by atoms with Crippen LogP contribution in [0.4, 0.5) is 0 Å². The molecule has 0 bridgehead atoms. The van der Waals surface area contributed by atoms with Gasteiger partial charge in [-0.2, -0.15) is 9.97 Å². The highest BCUT2D eigenvalue weighted by Gasteiger charge is 2.19. The van der Waals surface area contributed by atoms with Gasteiger partial charge in [0, 0.05) is 21.9 Å². The maximum atomic E-state index is 5.24. The number of nitrogens with zero attached hydrogens (tertiary/aromatic N) is 4. The standard InChI is InChI=1S/C43H26N4/c1-3-11-29-21-35(19-17-27(29)9-1)41-44-42(36-20-18-28-10-2-4-12-30(28)22-36)46-43(45-41)47-39-25-33-15-7-5-13-31(33)23-37(39)38-24-32-14-6-8-16-34(32)26-40(38)47/h1-26H. The zero-order chi connectivity index (χ0) is 30.9. The van der Waals surface area contributed by atoms with Crippen molar-refractivity contribution in [2.75, 3.05) is 0 Å². The van der Waals surface area contributed by atoms with Crippen molar-refractivity contribution in [3.05, 3.63) is 158 Å². The third-order valence-electron chi connectivity index (χ3n) is 9.34. The summed E-state index contributed by atoms with van der Waals surface area (Å²) in [6.45, 7) is 0. The van der Waals surface area contributed by atoms with E-state index in [0.29, 0.717) is 17.6 Å². The Morgan fingerprint density at radius 1 is 0.319 bits per heavy atom. The Morgan fingerprint density at radius 2 is 0.681 bits per heavy atom. The van der Waals surface area contributed by atoms with Gasteiger partial charge < -0.3 is 0 Å². The van der Waals surface area contributed by atoms with Crippen molar-refractivity contribution in [2.24, 2.45) is 0 Å². The third-order valence-corrected chi connectivity index (χ3v) is 9.34. The van der Waals surface area contributed by atoms with Gasteiger partial charge in [-0.25, -0.2) is 4.98 Å². The molecule has 47 heavy (non-hydrogen) atoms. The number of hydrogen-bond donors (Lipinski definition) is 0. The molecule has 10 aromatic rings. The van der Waals surface area contributed by atoms with Crippen LogP contribution in [-0.2, 0) is 0 Å². The van der Waals surface area contributed by atoms with Gasteiger partial charge in [-0.1, -0.05) is 121 Å². The largest absolute Gasteiger partial charge is 0.278 e. The lowest BCUT2D eigenvalue weighted by Crippen LogP contribution is -2.06. The summed E-state index contributed by atoms with van der Waals surface area (Å²) in [4.78, 5) is 15.6. The van der Waals surface area contributed by atoms with E-state index in [-0.39, 0.29) is 0 Å². The lowest BCUT2D eigenvalue weighted by atomic mass is 10.0. The fourth-order valence-corrected chi connectivity index (χ4v) is 6.98. The van der Waals surface area contributed by atoms with Crippen LogP contribution < -0.4 is 0 Å². The molecule has 4 heteroatoms. The number of benzene rings is 8. The third kappa shape index (κ3) is 4.19.